The van der Waals surface area contributed by atoms with Crippen LogP contribution in [-0.2, 0) is 14.3 Å². The first-order valence-electron chi connectivity index (χ1n) is 8.12. The number of aryl methyl sites for hydroxylation is 1. The summed E-state index contributed by atoms with van der Waals surface area (Å²) in [6, 6.07) is 7.72. The number of thiazole rings is 1. The van der Waals surface area contributed by atoms with E-state index < -0.39 is 0 Å². The summed E-state index contributed by atoms with van der Waals surface area (Å²) in [5.41, 5.74) is 1.88. The first kappa shape index (κ1) is 19.4. The normalized spacial score (nSPS) is 10.7. The number of methoxy groups -OCH3 is 2. The fourth-order valence-corrected chi connectivity index (χ4v) is 3.08. The summed E-state index contributed by atoms with van der Waals surface area (Å²) in [6.07, 6.45) is 1.08. The first-order chi connectivity index (χ1) is 12.1. The molecule has 0 aliphatic rings. The van der Waals surface area contributed by atoms with Crippen LogP contribution in [0, 0.1) is 6.92 Å². The Kier molecular flexibility index (Phi) is 7.84. The van der Waals surface area contributed by atoms with Crippen LogP contribution in [0.3, 0.4) is 0 Å². The lowest BCUT2D eigenvalue weighted by atomic mass is 10.1. The number of nitrogens with one attached hydrogen (secondary N) is 1. The second-order valence-corrected chi connectivity index (χ2v) is 6.61. The van der Waals surface area contributed by atoms with Gasteiger partial charge in [0.2, 0.25) is 5.91 Å². The van der Waals surface area contributed by atoms with Crippen molar-refractivity contribution in [2.75, 3.05) is 39.4 Å². The summed E-state index contributed by atoms with van der Waals surface area (Å²) < 4.78 is 15.4. The molecular formula is C18H24N2O4S. The molecule has 0 radical (unpaired) electrons. The van der Waals surface area contributed by atoms with Gasteiger partial charge in [-0.3, -0.25) is 4.79 Å². The van der Waals surface area contributed by atoms with Crippen LogP contribution in [0.25, 0.3) is 11.3 Å². The van der Waals surface area contributed by atoms with E-state index in [9.17, 15) is 4.79 Å². The van der Waals surface area contributed by atoms with Gasteiger partial charge in [0.1, 0.15) is 5.75 Å². The summed E-state index contributed by atoms with van der Waals surface area (Å²) in [4.78, 5) is 17.6. The molecule has 0 atom stereocenters. The Bertz CT molecular complexity index is 670. The van der Waals surface area contributed by atoms with Crippen molar-refractivity contribution in [3.63, 3.8) is 0 Å². The van der Waals surface area contributed by atoms with E-state index in [2.05, 4.69) is 10.3 Å². The molecule has 2 rings (SSSR count). The van der Waals surface area contributed by atoms with Crippen LogP contribution in [-0.4, -0.2) is 44.9 Å². The number of ether oxygens (including phenoxy) is 3. The van der Waals surface area contributed by atoms with E-state index in [0.29, 0.717) is 37.8 Å². The third-order valence-electron chi connectivity index (χ3n) is 3.53. The third-order valence-corrected chi connectivity index (χ3v) is 4.42. The van der Waals surface area contributed by atoms with Crippen LogP contribution < -0.4 is 10.1 Å². The number of carbonyl (C=O) groups is 1. The van der Waals surface area contributed by atoms with Crippen molar-refractivity contribution in [1.29, 1.82) is 0 Å². The molecule has 25 heavy (non-hydrogen) atoms. The molecule has 0 fully saturated rings. The van der Waals surface area contributed by atoms with Crippen molar-refractivity contribution in [3.8, 4) is 17.0 Å². The largest absolute Gasteiger partial charge is 0.497 e. The molecule has 6 nitrogen and oxygen atoms in total. The minimum absolute atomic E-state index is 0.0506. The lowest BCUT2D eigenvalue weighted by molar-refractivity contribution is -0.116. The van der Waals surface area contributed by atoms with Crippen molar-refractivity contribution in [2.24, 2.45) is 0 Å². The number of carbonyl (C=O) groups excluding carboxylic acids is 1. The highest BCUT2D eigenvalue weighted by Gasteiger charge is 2.12. The third kappa shape index (κ3) is 6.12. The van der Waals surface area contributed by atoms with Crippen LogP contribution in [0.15, 0.2) is 24.3 Å². The van der Waals surface area contributed by atoms with E-state index in [-0.39, 0.29) is 5.91 Å². The molecule has 1 amide bonds. The summed E-state index contributed by atoms with van der Waals surface area (Å²) in [5, 5.41) is 3.48. The molecule has 1 aromatic heterocycles. The van der Waals surface area contributed by atoms with Crippen LogP contribution in [0.2, 0.25) is 0 Å². The minimum Gasteiger partial charge on any atom is -0.497 e. The number of aromatic nitrogens is 1. The lowest BCUT2D eigenvalue weighted by Crippen LogP contribution is -2.12. The number of hydrogen-bond donors (Lipinski definition) is 1. The van der Waals surface area contributed by atoms with Gasteiger partial charge in [0, 0.05) is 30.6 Å². The number of nitrogens with zero attached hydrogens (tertiary/aromatic N) is 1. The Balaban J connectivity index is 1.85. The number of hydrogen-bond acceptors (Lipinski definition) is 6. The monoisotopic (exact) mass is 364 g/mol. The zero-order valence-electron chi connectivity index (χ0n) is 14.8. The maximum Gasteiger partial charge on any atom is 0.226 e. The van der Waals surface area contributed by atoms with E-state index in [1.54, 1.807) is 14.2 Å². The van der Waals surface area contributed by atoms with E-state index in [1.165, 1.54) is 11.3 Å². The molecule has 0 aliphatic carbocycles. The van der Waals surface area contributed by atoms with Gasteiger partial charge >= 0.3 is 0 Å². The molecule has 0 saturated carbocycles. The fourth-order valence-electron chi connectivity index (χ4n) is 2.23. The first-order valence-corrected chi connectivity index (χ1v) is 8.94. The average molecular weight is 364 g/mol. The van der Waals surface area contributed by atoms with Gasteiger partial charge in [0.05, 0.1) is 26.0 Å². The van der Waals surface area contributed by atoms with Crippen LogP contribution in [0.1, 0.15) is 17.7 Å². The Labute approximate surface area is 152 Å². The molecular weight excluding hydrogens is 340 g/mol. The van der Waals surface area contributed by atoms with Crippen LogP contribution in [0.4, 0.5) is 5.13 Å². The Morgan fingerprint density at radius 2 is 1.92 bits per heavy atom. The molecule has 2 aromatic rings. The highest BCUT2D eigenvalue weighted by molar-refractivity contribution is 7.16. The fraction of sp³-hybridized carbons (Fsp3) is 0.444. The van der Waals surface area contributed by atoms with Crippen molar-refractivity contribution >= 4 is 22.4 Å². The predicted octanol–water partition coefficient (Wildman–Crippen LogP) is 3.51. The van der Waals surface area contributed by atoms with E-state index in [1.807, 2.05) is 31.2 Å². The van der Waals surface area contributed by atoms with Gasteiger partial charge in [-0.25, -0.2) is 4.98 Å². The molecule has 7 heteroatoms. The Morgan fingerprint density at radius 1 is 1.16 bits per heavy atom. The minimum atomic E-state index is -0.0506. The summed E-state index contributed by atoms with van der Waals surface area (Å²) in [7, 11) is 3.27. The molecule has 1 aromatic carbocycles. The van der Waals surface area contributed by atoms with Gasteiger partial charge in [0.25, 0.3) is 0 Å². The molecule has 0 saturated heterocycles. The van der Waals surface area contributed by atoms with Gasteiger partial charge in [-0.15, -0.1) is 11.3 Å². The molecule has 0 aliphatic heterocycles. The van der Waals surface area contributed by atoms with Crippen molar-refractivity contribution in [3.05, 3.63) is 29.1 Å². The molecule has 0 bridgehead atoms. The van der Waals surface area contributed by atoms with Crippen LogP contribution >= 0.6 is 11.3 Å². The van der Waals surface area contributed by atoms with Gasteiger partial charge in [-0.1, -0.05) is 0 Å². The second kappa shape index (κ2) is 10.1. The maximum atomic E-state index is 12.0. The molecule has 0 unspecified atom stereocenters. The zero-order chi connectivity index (χ0) is 18.1. The molecule has 1 heterocycles. The van der Waals surface area contributed by atoms with E-state index in [0.717, 1.165) is 21.9 Å². The Morgan fingerprint density at radius 3 is 2.60 bits per heavy atom. The SMILES string of the molecule is COCCOCCCC(=O)Nc1nc(-c2ccc(OC)cc2)c(C)s1. The molecule has 0 spiro atoms. The number of rotatable bonds is 10. The van der Waals surface area contributed by atoms with Crippen LogP contribution in [0.5, 0.6) is 5.75 Å². The van der Waals surface area contributed by atoms with Gasteiger partial charge in [-0.05, 0) is 37.6 Å². The highest BCUT2D eigenvalue weighted by atomic mass is 32.1. The summed E-state index contributed by atoms with van der Waals surface area (Å²) in [6.45, 7) is 3.66. The summed E-state index contributed by atoms with van der Waals surface area (Å²) >= 11 is 1.48. The van der Waals surface area contributed by atoms with E-state index in [4.69, 9.17) is 14.2 Å². The highest BCUT2D eigenvalue weighted by Crippen LogP contribution is 2.31. The average Bonchev–Trinajstić information content (AvgIpc) is 2.98. The predicted molar refractivity (Wildman–Crippen MR) is 99.4 cm³/mol. The van der Waals surface area contributed by atoms with E-state index >= 15 is 0 Å². The smallest absolute Gasteiger partial charge is 0.226 e. The second-order valence-electron chi connectivity index (χ2n) is 5.41. The zero-order valence-corrected chi connectivity index (χ0v) is 15.6. The quantitative estimate of drug-likeness (QED) is 0.653. The van der Waals surface area contributed by atoms with Gasteiger partial charge < -0.3 is 19.5 Å². The number of benzene rings is 1. The topological polar surface area (TPSA) is 69.7 Å². The molecule has 136 valence electrons. The van der Waals surface area contributed by atoms with Crippen molar-refractivity contribution in [1.82, 2.24) is 4.98 Å². The number of anilines is 1. The van der Waals surface area contributed by atoms with Gasteiger partial charge in [0.15, 0.2) is 5.13 Å². The van der Waals surface area contributed by atoms with Gasteiger partial charge in [-0.2, -0.15) is 0 Å². The number of amides is 1. The lowest BCUT2D eigenvalue weighted by Gasteiger charge is -2.04. The summed E-state index contributed by atoms with van der Waals surface area (Å²) in [5.74, 6) is 0.753. The maximum absolute atomic E-state index is 12.0. The van der Waals surface area contributed by atoms with Crippen molar-refractivity contribution < 1.29 is 19.0 Å². The van der Waals surface area contributed by atoms with Crippen molar-refractivity contribution in [2.45, 2.75) is 19.8 Å². The Hall–Kier alpha value is -1.96. The standard InChI is InChI=1S/C18H24N2O4S/c1-13-17(14-6-8-15(23-3)9-7-14)20-18(25-13)19-16(21)5-4-10-24-12-11-22-2/h6-9H,4-5,10-12H2,1-3H3,(H,19,20,21). The molecule has 1 N–H and O–H groups in total.